The molecule has 0 fully saturated rings. The van der Waals surface area contributed by atoms with E-state index in [-0.39, 0.29) is 10.7 Å². The van der Waals surface area contributed by atoms with E-state index in [0.29, 0.717) is 22.3 Å². The van der Waals surface area contributed by atoms with E-state index < -0.39 is 27.7 Å². The van der Waals surface area contributed by atoms with Crippen LogP contribution < -0.4 is 0 Å². The first kappa shape index (κ1) is 22.4. The van der Waals surface area contributed by atoms with E-state index in [1.807, 2.05) is 4.57 Å². The van der Waals surface area contributed by atoms with Crippen LogP contribution in [0.4, 0.5) is 17.6 Å². The van der Waals surface area contributed by atoms with Gasteiger partial charge in [-0.3, -0.25) is 14.5 Å². The molecule has 0 unspecified atom stereocenters. The molecule has 0 amide bonds. The van der Waals surface area contributed by atoms with Crippen LogP contribution in [-0.4, -0.2) is 34.9 Å². The van der Waals surface area contributed by atoms with Crippen molar-refractivity contribution in [2.24, 2.45) is 5.92 Å². The molecule has 0 radical (unpaired) electrons. The standard InChI is InChI=1S/C21H17F4N3O2S2/c1-12-5-18-14(6-16(12)22)7-19(28(18)20-9-26-11-31-20)17-4-3-15(8-27-17)32(29,30)10-13(2)21(23,24)25/h3-9,11,13H,10H2,1-2H3/t13-/m1/s1. The van der Waals surface area contributed by atoms with Crippen molar-refractivity contribution in [2.45, 2.75) is 24.9 Å². The summed E-state index contributed by atoms with van der Waals surface area (Å²) < 4.78 is 79.2. The van der Waals surface area contributed by atoms with Crippen molar-refractivity contribution in [3.63, 3.8) is 0 Å². The van der Waals surface area contributed by atoms with E-state index in [4.69, 9.17) is 0 Å². The van der Waals surface area contributed by atoms with E-state index in [1.165, 1.54) is 29.5 Å². The van der Waals surface area contributed by atoms with E-state index in [1.54, 1.807) is 30.8 Å². The number of alkyl halides is 3. The van der Waals surface area contributed by atoms with Crippen LogP contribution in [0.1, 0.15) is 12.5 Å². The van der Waals surface area contributed by atoms with Gasteiger partial charge in [0.2, 0.25) is 0 Å². The molecule has 1 atom stereocenters. The number of hydrogen-bond acceptors (Lipinski definition) is 5. The number of aryl methyl sites for hydroxylation is 1. The summed E-state index contributed by atoms with van der Waals surface area (Å²) in [6.45, 7) is 2.48. The quantitative estimate of drug-likeness (QED) is 0.348. The number of sulfone groups is 1. The smallest absolute Gasteiger partial charge is 0.298 e. The summed E-state index contributed by atoms with van der Waals surface area (Å²) in [5, 5.41) is 1.37. The first-order valence-corrected chi connectivity index (χ1v) is 12.0. The van der Waals surface area contributed by atoms with Crippen LogP contribution in [0, 0.1) is 18.7 Å². The van der Waals surface area contributed by atoms with Gasteiger partial charge in [0.25, 0.3) is 0 Å². The molecule has 0 bridgehead atoms. The molecule has 0 spiro atoms. The third-order valence-corrected chi connectivity index (χ3v) is 7.76. The molecular weight excluding hydrogens is 466 g/mol. The lowest BCUT2D eigenvalue weighted by Crippen LogP contribution is -2.27. The molecule has 168 valence electrons. The van der Waals surface area contributed by atoms with Crippen LogP contribution in [0.2, 0.25) is 0 Å². The van der Waals surface area contributed by atoms with Gasteiger partial charge in [-0.2, -0.15) is 13.2 Å². The predicted octanol–water partition coefficient (Wildman–Crippen LogP) is 5.57. The summed E-state index contributed by atoms with van der Waals surface area (Å²) in [5.41, 5.74) is 3.78. The van der Waals surface area contributed by atoms with Crippen molar-refractivity contribution in [3.8, 4) is 16.4 Å². The molecule has 0 saturated carbocycles. The molecule has 0 N–H and O–H groups in total. The number of halogens is 4. The van der Waals surface area contributed by atoms with Gasteiger partial charge in [-0.05, 0) is 42.8 Å². The Bertz CT molecular complexity index is 1380. The molecule has 0 aliphatic heterocycles. The molecular formula is C21H17F4N3O2S2. The molecule has 0 aliphatic rings. The molecule has 4 aromatic rings. The third-order valence-electron chi connectivity index (χ3n) is 5.11. The molecule has 11 heteroatoms. The number of pyridine rings is 1. The average Bonchev–Trinajstić information content (AvgIpc) is 3.35. The normalized spacial score (nSPS) is 13.6. The zero-order chi connectivity index (χ0) is 23.3. The van der Waals surface area contributed by atoms with Crippen molar-refractivity contribution in [2.75, 3.05) is 5.75 Å². The largest absolute Gasteiger partial charge is 0.392 e. The molecule has 0 saturated heterocycles. The lowest BCUT2D eigenvalue weighted by molar-refractivity contribution is -0.163. The number of benzene rings is 1. The number of thiazole rings is 1. The fourth-order valence-corrected chi connectivity index (χ4v) is 5.50. The number of hydrogen-bond donors (Lipinski definition) is 0. The highest BCUT2D eigenvalue weighted by Crippen LogP contribution is 2.34. The summed E-state index contributed by atoms with van der Waals surface area (Å²) in [7, 11) is -4.18. The van der Waals surface area contributed by atoms with Crippen LogP contribution >= 0.6 is 11.3 Å². The van der Waals surface area contributed by atoms with Gasteiger partial charge in [0.15, 0.2) is 9.84 Å². The molecule has 3 heterocycles. The zero-order valence-electron chi connectivity index (χ0n) is 16.9. The van der Waals surface area contributed by atoms with Crippen LogP contribution in [0.25, 0.3) is 27.3 Å². The highest BCUT2D eigenvalue weighted by molar-refractivity contribution is 7.91. The van der Waals surface area contributed by atoms with E-state index in [0.717, 1.165) is 23.6 Å². The second-order valence-electron chi connectivity index (χ2n) is 7.47. The Labute approximate surface area is 185 Å². The maximum absolute atomic E-state index is 14.1. The first-order valence-electron chi connectivity index (χ1n) is 9.44. The third kappa shape index (κ3) is 4.14. The molecule has 5 nitrogen and oxygen atoms in total. The molecule has 4 rings (SSSR count). The monoisotopic (exact) mass is 483 g/mol. The van der Waals surface area contributed by atoms with Gasteiger partial charge in [0.1, 0.15) is 10.8 Å². The minimum absolute atomic E-state index is 0.292. The Kier molecular flexibility index (Phi) is 5.58. The van der Waals surface area contributed by atoms with Crippen LogP contribution in [-0.2, 0) is 9.84 Å². The van der Waals surface area contributed by atoms with Gasteiger partial charge in [0, 0.05) is 11.6 Å². The predicted molar refractivity (Wildman–Crippen MR) is 114 cm³/mol. The van der Waals surface area contributed by atoms with Crippen molar-refractivity contribution in [1.82, 2.24) is 14.5 Å². The Morgan fingerprint density at radius 2 is 1.91 bits per heavy atom. The van der Waals surface area contributed by atoms with Crippen molar-refractivity contribution in [1.29, 1.82) is 0 Å². The fraction of sp³-hybridized carbons (Fsp3) is 0.238. The average molecular weight is 484 g/mol. The SMILES string of the molecule is Cc1cc2c(cc1F)cc(-c1ccc(S(=O)(=O)C[C@@H](C)C(F)(F)F)cn1)n2-c1cncs1. The lowest BCUT2D eigenvalue weighted by atomic mass is 10.1. The van der Waals surface area contributed by atoms with Crippen molar-refractivity contribution >= 4 is 32.1 Å². The van der Waals surface area contributed by atoms with Crippen LogP contribution in [0.5, 0.6) is 0 Å². The van der Waals surface area contributed by atoms with E-state index >= 15 is 0 Å². The highest BCUT2D eigenvalue weighted by atomic mass is 32.2. The summed E-state index contributed by atoms with van der Waals surface area (Å²) in [4.78, 5) is 8.00. The number of aromatic nitrogens is 3. The van der Waals surface area contributed by atoms with E-state index in [9.17, 15) is 26.0 Å². The van der Waals surface area contributed by atoms with Gasteiger partial charge in [-0.15, -0.1) is 11.3 Å². The Hall–Kier alpha value is -2.79. The minimum atomic E-state index is -4.61. The van der Waals surface area contributed by atoms with Crippen LogP contribution in [0.3, 0.4) is 0 Å². The van der Waals surface area contributed by atoms with E-state index in [2.05, 4.69) is 9.97 Å². The topological polar surface area (TPSA) is 64.8 Å². The summed E-state index contributed by atoms with van der Waals surface area (Å²) in [6.07, 6.45) is -1.92. The van der Waals surface area contributed by atoms with Crippen LogP contribution in [0.15, 0.2) is 53.1 Å². The van der Waals surface area contributed by atoms with Gasteiger partial charge >= 0.3 is 6.18 Å². The Balaban J connectivity index is 1.78. The molecule has 1 aromatic carbocycles. The first-order chi connectivity index (χ1) is 15.0. The highest BCUT2D eigenvalue weighted by Gasteiger charge is 2.39. The molecule has 0 aliphatic carbocycles. The maximum atomic E-state index is 14.1. The Morgan fingerprint density at radius 3 is 2.50 bits per heavy atom. The van der Waals surface area contributed by atoms with Gasteiger partial charge in [-0.25, -0.2) is 12.8 Å². The second kappa shape index (κ2) is 7.96. The molecule has 32 heavy (non-hydrogen) atoms. The van der Waals surface area contributed by atoms with Gasteiger partial charge in [-0.1, -0.05) is 6.92 Å². The van der Waals surface area contributed by atoms with Gasteiger partial charge in [0.05, 0.1) is 45.2 Å². The zero-order valence-corrected chi connectivity index (χ0v) is 18.5. The summed E-state index contributed by atoms with van der Waals surface area (Å²) in [5.74, 6) is -3.42. The summed E-state index contributed by atoms with van der Waals surface area (Å²) >= 11 is 1.36. The lowest BCUT2D eigenvalue weighted by Gasteiger charge is -2.15. The van der Waals surface area contributed by atoms with Crippen molar-refractivity contribution < 1.29 is 26.0 Å². The number of rotatable bonds is 5. The molecule has 3 aromatic heterocycles. The van der Waals surface area contributed by atoms with Gasteiger partial charge < -0.3 is 0 Å². The minimum Gasteiger partial charge on any atom is -0.298 e. The Morgan fingerprint density at radius 1 is 1.16 bits per heavy atom. The number of fused-ring (bicyclic) bond motifs is 1. The maximum Gasteiger partial charge on any atom is 0.392 e. The number of nitrogens with zero attached hydrogens (tertiary/aromatic N) is 3. The second-order valence-corrected chi connectivity index (χ2v) is 10.4. The summed E-state index contributed by atoms with van der Waals surface area (Å²) in [6, 6.07) is 7.50. The van der Waals surface area contributed by atoms with Crippen molar-refractivity contribution in [3.05, 3.63) is 59.6 Å². The fourth-order valence-electron chi connectivity index (χ4n) is 3.31.